The van der Waals surface area contributed by atoms with Crippen LogP contribution >= 0.6 is 0 Å². The highest BCUT2D eigenvalue weighted by Gasteiger charge is 2.33. The Bertz CT molecular complexity index is 1430. The monoisotopic (exact) mass is 583 g/mol. The van der Waals surface area contributed by atoms with E-state index >= 15 is 0 Å². The predicted molar refractivity (Wildman–Crippen MR) is 150 cm³/mol. The van der Waals surface area contributed by atoms with Gasteiger partial charge in [-0.1, -0.05) is 12.1 Å². The van der Waals surface area contributed by atoms with Gasteiger partial charge in [-0.15, -0.1) is 0 Å². The number of halogens is 2. The molecule has 42 heavy (non-hydrogen) atoms. The van der Waals surface area contributed by atoms with Crippen molar-refractivity contribution in [3.8, 4) is 11.7 Å². The SMILES string of the molecule is NC(=O)C1CCN(C(=O)[C@H]2CC[C@H](Oc3cc(-n4c(C(F)F)nc5ccccc54)nc(N4CCOCC4)n3)CC2)CC1. The highest BCUT2D eigenvalue weighted by molar-refractivity contribution is 5.80. The zero-order chi connectivity index (χ0) is 29.2. The normalized spacial score (nSPS) is 22.1. The number of carbonyl (C=O) groups is 2. The van der Waals surface area contributed by atoms with Crippen molar-refractivity contribution < 1.29 is 27.8 Å². The van der Waals surface area contributed by atoms with Crippen LogP contribution in [0.5, 0.6) is 5.88 Å². The van der Waals surface area contributed by atoms with E-state index in [2.05, 4.69) is 15.0 Å². The molecule has 2 saturated heterocycles. The van der Waals surface area contributed by atoms with Gasteiger partial charge in [0.05, 0.1) is 24.2 Å². The number of para-hydroxylation sites is 2. The number of piperidine rings is 1. The Morgan fingerprint density at radius 1 is 0.929 bits per heavy atom. The summed E-state index contributed by atoms with van der Waals surface area (Å²) in [6.45, 7) is 3.27. The van der Waals surface area contributed by atoms with Crippen LogP contribution in [0.1, 0.15) is 50.8 Å². The summed E-state index contributed by atoms with van der Waals surface area (Å²) in [6.07, 6.45) is 0.917. The molecule has 13 heteroatoms. The number of primary amides is 1. The second-order valence-electron chi connectivity index (χ2n) is 11.2. The lowest BCUT2D eigenvalue weighted by Gasteiger charge is -2.35. The van der Waals surface area contributed by atoms with Gasteiger partial charge in [0.25, 0.3) is 6.43 Å². The fourth-order valence-corrected chi connectivity index (χ4v) is 6.15. The van der Waals surface area contributed by atoms with Gasteiger partial charge in [-0.2, -0.15) is 9.97 Å². The average molecular weight is 584 g/mol. The first-order valence-corrected chi connectivity index (χ1v) is 14.6. The number of hydrogen-bond donors (Lipinski definition) is 1. The first-order valence-electron chi connectivity index (χ1n) is 14.6. The van der Waals surface area contributed by atoms with Crippen LogP contribution in [0, 0.1) is 11.8 Å². The van der Waals surface area contributed by atoms with Crippen LogP contribution in [0.4, 0.5) is 14.7 Å². The molecule has 3 fully saturated rings. The second-order valence-corrected chi connectivity index (χ2v) is 11.2. The highest BCUT2D eigenvalue weighted by Crippen LogP contribution is 2.33. The number of aromatic nitrogens is 4. The van der Waals surface area contributed by atoms with Crippen molar-refractivity contribution in [2.24, 2.45) is 17.6 Å². The molecule has 2 aromatic heterocycles. The van der Waals surface area contributed by atoms with Crippen molar-refractivity contribution in [1.82, 2.24) is 24.4 Å². The van der Waals surface area contributed by atoms with Gasteiger partial charge in [0, 0.05) is 44.1 Å². The van der Waals surface area contributed by atoms with E-state index in [9.17, 15) is 18.4 Å². The van der Waals surface area contributed by atoms with Crippen LogP contribution in [0.2, 0.25) is 0 Å². The lowest BCUT2D eigenvalue weighted by Crippen LogP contribution is -2.45. The molecular formula is C29H35F2N7O4. The molecule has 1 aromatic carbocycles. The van der Waals surface area contributed by atoms with Gasteiger partial charge >= 0.3 is 0 Å². The third kappa shape index (κ3) is 5.87. The lowest BCUT2D eigenvalue weighted by molar-refractivity contribution is -0.140. The van der Waals surface area contributed by atoms with Crippen LogP contribution < -0.4 is 15.4 Å². The Kier molecular flexibility index (Phi) is 8.18. The number of nitrogens with zero attached hydrogens (tertiary/aromatic N) is 6. The maximum Gasteiger partial charge on any atom is 0.296 e. The smallest absolute Gasteiger partial charge is 0.296 e. The molecule has 3 aromatic rings. The number of imidazole rings is 1. The molecule has 0 radical (unpaired) electrons. The molecule has 3 aliphatic rings. The number of anilines is 1. The van der Waals surface area contributed by atoms with Crippen LogP contribution in [0.15, 0.2) is 30.3 Å². The number of likely N-dealkylation sites (tertiary alicyclic amines) is 1. The van der Waals surface area contributed by atoms with Crippen LogP contribution in [0.3, 0.4) is 0 Å². The molecule has 1 aliphatic carbocycles. The molecule has 2 N–H and O–H groups in total. The van der Waals surface area contributed by atoms with E-state index < -0.39 is 12.2 Å². The molecule has 0 unspecified atom stereocenters. The fourth-order valence-electron chi connectivity index (χ4n) is 6.15. The molecule has 6 rings (SSSR count). The van der Waals surface area contributed by atoms with E-state index in [1.54, 1.807) is 30.3 Å². The van der Waals surface area contributed by atoms with Gasteiger partial charge in [0.15, 0.2) is 5.82 Å². The van der Waals surface area contributed by atoms with Gasteiger partial charge in [-0.25, -0.2) is 13.8 Å². The number of fused-ring (bicyclic) bond motifs is 1. The van der Waals surface area contributed by atoms with E-state index in [4.69, 9.17) is 15.2 Å². The van der Waals surface area contributed by atoms with Crippen molar-refractivity contribution in [1.29, 1.82) is 0 Å². The number of morpholine rings is 1. The summed E-state index contributed by atoms with van der Waals surface area (Å²) >= 11 is 0. The maximum absolute atomic E-state index is 14.1. The first kappa shape index (κ1) is 28.3. The molecular weight excluding hydrogens is 548 g/mol. The number of hydrogen-bond acceptors (Lipinski definition) is 8. The van der Waals surface area contributed by atoms with Crippen LogP contribution in [-0.2, 0) is 14.3 Å². The van der Waals surface area contributed by atoms with E-state index in [-0.39, 0.29) is 35.6 Å². The standard InChI is InChI=1S/C29H35F2N7O4/c30-25(31)27-33-21-3-1-2-4-22(21)38(27)23-17-24(35-29(34-23)37-13-15-41-16-14-37)42-20-7-5-19(6-8-20)28(40)36-11-9-18(10-12-36)26(32)39/h1-4,17-20,25H,5-16H2,(H2,32,39)/t19-,20-. The predicted octanol–water partition coefficient (Wildman–Crippen LogP) is 3.25. The van der Waals surface area contributed by atoms with E-state index in [1.807, 2.05) is 9.80 Å². The number of ether oxygens (including phenoxy) is 2. The van der Waals surface area contributed by atoms with Crippen molar-refractivity contribution in [3.05, 3.63) is 36.2 Å². The molecule has 11 nitrogen and oxygen atoms in total. The summed E-state index contributed by atoms with van der Waals surface area (Å²) in [6, 6.07) is 8.55. The number of alkyl halides is 2. The number of rotatable bonds is 7. The highest BCUT2D eigenvalue weighted by atomic mass is 19.3. The van der Waals surface area contributed by atoms with Gasteiger partial charge in [-0.05, 0) is 50.7 Å². The Balaban J connectivity index is 1.20. The largest absolute Gasteiger partial charge is 0.474 e. The number of carbonyl (C=O) groups excluding carboxylic acids is 2. The molecule has 0 bridgehead atoms. The molecule has 0 atom stereocenters. The third-order valence-electron chi connectivity index (χ3n) is 8.50. The van der Waals surface area contributed by atoms with Crippen molar-refractivity contribution in [3.63, 3.8) is 0 Å². The van der Waals surface area contributed by atoms with Gasteiger partial charge < -0.3 is 25.0 Å². The number of nitrogens with two attached hydrogens (primary N) is 1. The Morgan fingerprint density at radius 3 is 2.33 bits per heavy atom. The quantitative estimate of drug-likeness (QED) is 0.449. The van der Waals surface area contributed by atoms with E-state index in [0.29, 0.717) is 101 Å². The van der Waals surface area contributed by atoms with Gasteiger partial charge in [-0.3, -0.25) is 14.2 Å². The van der Waals surface area contributed by atoms with Crippen LogP contribution in [-0.4, -0.2) is 81.7 Å². The second kappa shape index (κ2) is 12.2. The topological polar surface area (TPSA) is 129 Å². The minimum atomic E-state index is -2.81. The van der Waals surface area contributed by atoms with Crippen LogP contribution in [0.25, 0.3) is 16.9 Å². The summed E-state index contributed by atoms with van der Waals surface area (Å²) in [7, 11) is 0. The number of amides is 2. The number of benzene rings is 1. The Morgan fingerprint density at radius 2 is 1.64 bits per heavy atom. The molecule has 0 spiro atoms. The fraction of sp³-hybridized carbons (Fsp3) is 0.552. The molecule has 1 saturated carbocycles. The van der Waals surface area contributed by atoms with Gasteiger partial charge in [0.2, 0.25) is 23.6 Å². The average Bonchev–Trinajstić information content (AvgIpc) is 3.42. The lowest BCUT2D eigenvalue weighted by atomic mass is 9.85. The molecule has 4 heterocycles. The minimum absolute atomic E-state index is 0.0919. The summed E-state index contributed by atoms with van der Waals surface area (Å²) in [5.41, 5.74) is 6.40. The summed E-state index contributed by atoms with van der Waals surface area (Å²) in [5, 5.41) is 0. The molecule has 224 valence electrons. The Labute approximate surface area is 242 Å². The van der Waals surface area contributed by atoms with Crippen molar-refractivity contribution >= 4 is 28.8 Å². The minimum Gasteiger partial charge on any atom is -0.474 e. The van der Waals surface area contributed by atoms with E-state index in [0.717, 1.165) is 0 Å². The van der Waals surface area contributed by atoms with Crippen molar-refractivity contribution in [2.75, 3.05) is 44.3 Å². The van der Waals surface area contributed by atoms with E-state index in [1.165, 1.54) is 4.57 Å². The van der Waals surface area contributed by atoms with Gasteiger partial charge in [0.1, 0.15) is 11.9 Å². The maximum atomic E-state index is 14.1. The molecule has 2 amide bonds. The third-order valence-corrected chi connectivity index (χ3v) is 8.50. The first-order chi connectivity index (χ1) is 20.4. The zero-order valence-corrected chi connectivity index (χ0v) is 23.3. The Hall–Kier alpha value is -3.87. The summed E-state index contributed by atoms with van der Waals surface area (Å²) < 4.78 is 41.5. The summed E-state index contributed by atoms with van der Waals surface area (Å²) in [4.78, 5) is 41.9. The summed E-state index contributed by atoms with van der Waals surface area (Å²) in [5.74, 6) is 0.121. The zero-order valence-electron chi connectivity index (χ0n) is 23.3. The molecule has 2 aliphatic heterocycles. The van der Waals surface area contributed by atoms with Crippen molar-refractivity contribution in [2.45, 2.75) is 51.1 Å².